The molecule has 1 aliphatic carbocycles. The highest BCUT2D eigenvalue weighted by molar-refractivity contribution is 9.10. The average Bonchev–Trinajstić information content (AvgIpc) is 3.27. The lowest BCUT2D eigenvalue weighted by Gasteiger charge is -2.15. The van der Waals surface area contributed by atoms with Crippen molar-refractivity contribution in [1.29, 1.82) is 0 Å². The number of amides is 1. The number of benzene rings is 1. The zero-order valence-corrected chi connectivity index (χ0v) is 15.0. The molecule has 0 radical (unpaired) electrons. The Morgan fingerprint density at radius 2 is 2.09 bits per heavy atom. The van der Waals surface area contributed by atoms with Gasteiger partial charge in [0.15, 0.2) is 9.84 Å². The van der Waals surface area contributed by atoms with Gasteiger partial charge in [-0.2, -0.15) is 0 Å². The molecular formula is C15H18BrNO5S. The van der Waals surface area contributed by atoms with Gasteiger partial charge in [-0.3, -0.25) is 4.79 Å². The highest BCUT2D eigenvalue weighted by atomic mass is 79.9. The van der Waals surface area contributed by atoms with Gasteiger partial charge in [-0.05, 0) is 36.5 Å². The number of hydrogen-bond acceptors (Lipinski definition) is 5. The average molecular weight is 404 g/mol. The lowest BCUT2D eigenvalue weighted by atomic mass is 10.2. The summed E-state index contributed by atoms with van der Waals surface area (Å²) in [6, 6.07) is 6.14. The van der Waals surface area contributed by atoms with Gasteiger partial charge >= 0.3 is 5.97 Å². The Bertz CT molecular complexity index is 700. The molecule has 0 bridgehead atoms. The van der Waals surface area contributed by atoms with E-state index in [0.29, 0.717) is 5.56 Å². The molecule has 6 nitrogen and oxygen atoms in total. The van der Waals surface area contributed by atoms with E-state index in [0.717, 1.165) is 17.3 Å². The monoisotopic (exact) mass is 403 g/mol. The molecule has 0 saturated heterocycles. The van der Waals surface area contributed by atoms with Crippen molar-refractivity contribution in [2.75, 3.05) is 12.9 Å². The highest BCUT2D eigenvalue weighted by Gasteiger charge is 2.38. The molecule has 1 aromatic rings. The molecule has 1 atom stereocenters. The topological polar surface area (TPSA) is 89.5 Å². The van der Waals surface area contributed by atoms with Crippen molar-refractivity contribution in [1.82, 2.24) is 5.32 Å². The number of halogens is 1. The molecular weight excluding hydrogens is 386 g/mol. The van der Waals surface area contributed by atoms with Crippen molar-refractivity contribution in [2.24, 2.45) is 5.92 Å². The minimum Gasteiger partial charge on any atom is -0.467 e. The first kappa shape index (κ1) is 17.9. The second-order valence-corrected chi connectivity index (χ2v) is 8.55. The predicted octanol–water partition coefficient (Wildman–Crippen LogP) is 1.43. The van der Waals surface area contributed by atoms with Crippen molar-refractivity contribution >= 4 is 37.6 Å². The number of esters is 1. The van der Waals surface area contributed by atoms with Crippen LogP contribution in [0.15, 0.2) is 28.7 Å². The summed E-state index contributed by atoms with van der Waals surface area (Å²) in [6.45, 7) is 0. The van der Waals surface area contributed by atoms with Gasteiger partial charge in [0.1, 0.15) is 11.8 Å². The van der Waals surface area contributed by atoms with Crippen molar-refractivity contribution in [3.05, 3.63) is 34.3 Å². The van der Waals surface area contributed by atoms with Crippen molar-refractivity contribution in [2.45, 2.75) is 24.6 Å². The van der Waals surface area contributed by atoms with Crippen LogP contribution in [0.3, 0.4) is 0 Å². The molecule has 0 unspecified atom stereocenters. The molecule has 2 rings (SSSR count). The van der Waals surface area contributed by atoms with Crippen LogP contribution < -0.4 is 5.32 Å². The summed E-state index contributed by atoms with van der Waals surface area (Å²) < 4.78 is 29.7. The third-order valence-electron chi connectivity index (χ3n) is 3.49. The van der Waals surface area contributed by atoms with Crippen molar-refractivity contribution < 1.29 is 22.7 Å². The van der Waals surface area contributed by atoms with E-state index in [1.807, 2.05) is 0 Å². The van der Waals surface area contributed by atoms with Gasteiger partial charge < -0.3 is 10.1 Å². The second-order valence-electron chi connectivity index (χ2n) is 5.57. The van der Waals surface area contributed by atoms with Gasteiger partial charge in [0.25, 0.3) is 0 Å². The number of hydrogen-bond donors (Lipinski definition) is 1. The third-order valence-corrected chi connectivity index (χ3v) is 5.46. The van der Waals surface area contributed by atoms with Crippen LogP contribution in [-0.4, -0.2) is 39.2 Å². The Labute approximate surface area is 143 Å². The number of nitrogens with one attached hydrogen (secondary N) is 1. The summed E-state index contributed by atoms with van der Waals surface area (Å²) in [6.07, 6.45) is 1.65. The third kappa shape index (κ3) is 5.62. The maximum atomic E-state index is 12.1. The number of carbonyl (C=O) groups excluding carboxylic acids is 2. The Morgan fingerprint density at radius 3 is 2.65 bits per heavy atom. The molecule has 1 amide bonds. The van der Waals surface area contributed by atoms with Gasteiger partial charge in [0.05, 0.1) is 12.9 Å². The number of ether oxygens (including phenoxy) is 1. The molecule has 8 heteroatoms. The lowest BCUT2D eigenvalue weighted by molar-refractivity contribution is -0.145. The van der Waals surface area contributed by atoms with E-state index >= 15 is 0 Å². The van der Waals surface area contributed by atoms with Gasteiger partial charge in [0.2, 0.25) is 5.91 Å². The van der Waals surface area contributed by atoms with Gasteiger partial charge in [-0.25, -0.2) is 13.2 Å². The fraction of sp³-hybridized carbons (Fsp3) is 0.467. The molecule has 0 heterocycles. The normalized spacial score (nSPS) is 15.7. The Balaban J connectivity index is 1.96. The molecule has 1 aliphatic rings. The minimum absolute atomic E-state index is 0.0409. The summed E-state index contributed by atoms with van der Waals surface area (Å²) >= 11 is 3.27. The molecule has 0 spiro atoms. The molecule has 126 valence electrons. The van der Waals surface area contributed by atoms with E-state index in [1.54, 1.807) is 24.3 Å². The van der Waals surface area contributed by atoms with E-state index in [2.05, 4.69) is 26.0 Å². The van der Waals surface area contributed by atoms with E-state index in [9.17, 15) is 18.0 Å². The van der Waals surface area contributed by atoms with E-state index in [-0.39, 0.29) is 11.7 Å². The Hall–Kier alpha value is -1.41. The van der Waals surface area contributed by atoms with E-state index in [4.69, 9.17) is 0 Å². The number of carbonyl (C=O) groups is 2. The van der Waals surface area contributed by atoms with Gasteiger partial charge in [0, 0.05) is 4.47 Å². The molecule has 1 saturated carbocycles. The van der Waals surface area contributed by atoms with Gasteiger partial charge in [-0.15, -0.1) is 0 Å². The van der Waals surface area contributed by atoms with Gasteiger partial charge in [-0.1, -0.05) is 28.1 Å². The summed E-state index contributed by atoms with van der Waals surface area (Å²) in [5.41, 5.74) is 0.596. The smallest absolute Gasteiger partial charge is 0.328 e. The van der Waals surface area contributed by atoms with Crippen LogP contribution in [0, 0.1) is 5.92 Å². The van der Waals surface area contributed by atoms with Crippen LogP contribution in [0.25, 0.3) is 0 Å². The largest absolute Gasteiger partial charge is 0.467 e. The quantitative estimate of drug-likeness (QED) is 0.695. The number of methoxy groups -OCH3 is 1. The number of sulfone groups is 1. The fourth-order valence-electron chi connectivity index (χ4n) is 2.27. The van der Waals surface area contributed by atoms with Crippen LogP contribution in [0.5, 0.6) is 0 Å². The maximum Gasteiger partial charge on any atom is 0.328 e. The molecule has 1 N–H and O–H groups in total. The molecule has 1 aromatic carbocycles. The minimum atomic E-state index is -3.62. The summed E-state index contributed by atoms with van der Waals surface area (Å²) in [5, 5.41) is 2.48. The lowest BCUT2D eigenvalue weighted by Crippen LogP contribution is -2.45. The Kier molecular flexibility index (Phi) is 5.80. The zero-order valence-electron chi connectivity index (χ0n) is 12.6. The van der Waals surface area contributed by atoms with E-state index in [1.165, 1.54) is 7.11 Å². The standard InChI is InChI=1S/C15H18BrNO5S/c1-22-15(19)14(11-5-6-11)17-13(18)9-23(20,21)8-10-3-2-4-12(16)7-10/h2-4,7,11,14H,5-6,8-9H2,1H3,(H,17,18)/t14-/m0/s1. The molecule has 0 aromatic heterocycles. The van der Waals surface area contributed by atoms with Crippen LogP contribution >= 0.6 is 15.9 Å². The Morgan fingerprint density at radius 1 is 1.39 bits per heavy atom. The first-order valence-electron chi connectivity index (χ1n) is 7.13. The van der Waals surface area contributed by atoms with Crippen LogP contribution in [0.2, 0.25) is 0 Å². The first-order valence-corrected chi connectivity index (χ1v) is 9.74. The summed E-state index contributed by atoms with van der Waals surface area (Å²) in [5.74, 6) is -2.06. The molecule has 0 aliphatic heterocycles. The summed E-state index contributed by atoms with van der Waals surface area (Å²) in [4.78, 5) is 23.6. The maximum absolute atomic E-state index is 12.1. The second kappa shape index (κ2) is 7.44. The highest BCUT2D eigenvalue weighted by Crippen LogP contribution is 2.33. The SMILES string of the molecule is COC(=O)[C@@H](NC(=O)CS(=O)(=O)Cc1cccc(Br)c1)C1CC1. The molecule has 1 fully saturated rings. The number of rotatable bonds is 7. The van der Waals surface area contributed by atoms with Crippen molar-refractivity contribution in [3.8, 4) is 0 Å². The molecule has 23 heavy (non-hydrogen) atoms. The fourth-order valence-corrected chi connectivity index (χ4v) is 3.99. The summed E-state index contributed by atoms with van der Waals surface area (Å²) in [7, 11) is -2.38. The zero-order chi connectivity index (χ0) is 17.0. The van der Waals surface area contributed by atoms with Crippen LogP contribution in [0.1, 0.15) is 18.4 Å². The van der Waals surface area contributed by atoms with Crippen molar-refractivity contribution in [3.63, 3.8) is 0 Å². The van der Waals surface area contributed by atoms with E-state index < -0.39 is 33.5 Å². The first-order chi connectivity index (χ1) is 10.8. The van der Waals surface area contributed by atoms with Crippen LogP contribution in [-0.2, 0) is 29.9 Å². The predicted molar refractivity (Wildman–Crippen MR) is 88.3 cm³/mol. The van der Waals surface area contributed by atoms with Crippen LogP contribution in [0.4, 0.5) is 0 Å².